The van der Waals surface area contributed by atoms with Gasteiger partial charge in [-0.25, -0.2) is 0 Å². The third-order valence-corrected chi connectivity index (χ3v) is 2.99. The van der Waals surface area contributed by atoms with Gasteiger partial charge in [0.1, 0.15) is 5.75 Å². The zero-order chi connectivity index (χ0) is 15.8. The lowest BCUT2D eigenvalue weighted by atomic mass is 10.2. The molecule has 1 aromatic carbocycles. The zero-order valence-corrected chi connectivity index (χ0v) is 13.8. The molecule has 0 bridgehead atoms. The maximum absolute atomic E-state index is 11.9. The van der Waals surface area contributed by atoms with Crippen LogP contribution in [0.2, 0.25) is 0 Å². The lowest BCUT2D eigenvalue weighted by molar-refractivity contribution is -0.122. The summed E-state index contributed by atoms with van der Waals surface area (Å²) in [5.41, 5.74) is 1.13. The van der Waals surface area contributed by atoms with Gasteiger partial charge in [0.05, 0.1) is 12.1 Å². The third-order valence-electron chi connectivity index (χ3n) is 2.99. The Balaban J connectivity index is 2.38. The Morgan fingerprint density at radius 3 is 2.24 bits per heavy atom. The van der Waals surface area contributed by atoms with Crippen molar-refractivity contribution in [3.63, 3.8) is 0 Å². The minimum atomic E-state index is -0.199. The fraction of sp³-hybridized carbons (Fsp3) is 0.588. The molecule has 1 aromatic rings. The van der Waals surface area contributed by atoms with Crippen LogP contribution in [0.4, 0.5) is 0 Å². The van der Waals surface area contributed by atoms with Crippen molar-refractivity contribution in [3.8, 4) is 5.75 Å². The molecule has 2 N–H and O–H groups in total. The lowest BCUT2D eigenvalue weighted by Crippen LogP contribution is -2.42. The van der Waals surface area contributed by atoms with Gasteiger partial charge in [-0.2, -0.15) is 0 Å². The van der Waals surface area contributed by atoms with Crippen molar-refractivity contribution in [1.82, 2.24) is 10.6 Å². The molecule has 1 atom stereocenters. The molecule has 0 aliphatic heterocycles. The van der Waals surface area contributed by atoms with Crippen LogP contribution in [-0.2, 0) is 11.3 Å². The second-order valence-electron chi connectivity index (χ2n) is 6.05. The number of hydrogen-bond acceptors (Lipinski definition) is 3. The van der Waals surface area contributed by atoms with Crippen LogP contribution in [-0.4, -0.2) is 24.6 Å². The normalized spacial score (nSPS) is 12.5. The fourth-order valence-corrected chi connectivity index (χ4v) is 1.78. The summed E-state index contributed by atoms with van der Waals surface area (Å²) in [6.45, 7) is 11.4. The molecule has 1 unspecified atom stereocenters. The molecular formula is C17H28N2O2. The first-order valence-electron chi connectivity index (χ1n) is 7.65. The van der Waals surface area contributed by atoms with E-state index in [4.69, 9.17) is 4.74 Å². The number of nitrogens with one attached hydrogen (secondary N) is 2. The number of hydrogen-bond donors (Lipinski definition) is 2. The van der Waals surface area contributed by atoms with Crippen LogP contribution in [0.1, 0.15) is 40.2 Å². The van der Waals surface area contributed by atoms with Gasteiger partial charge in [0.25, 0.3) is 0 Å². The lowest BCUT2D eigenvalue weighted by Gasteiger charge is -2.15. The second-order valence-corrected chi connectivity index (χ2v) is 6.05. The number of ether oxygens (including phenoxy) is 1. The predicted octanol–water partition coefficient (Wildman–Crippen LogP) is 2.72. The van der Waals surface area contributed by atoms with Crippen molar-refractivity contribution >= 4 is 5.91 Å². The van der Waals surface area contributed by atoms with Crippen molar-refractivity contribution < 1.29 is 9.53 Å². The molecule has 0 heterocycles. The fourth-order valence-electron chi connectivity index (χ4n) is 1.78. The van der Waals surface area contributed by atoms with E-state index in [0.29, 0.717) is 19.0 Å². The molecule has 0 aromatic heterocycles. The number of carbonyl (C=O) groups excluding carboxylic acids is 1. The molecule has 0 saturated heterocycles. The van der Waals surface area contributed by atoms with Crippen LogP contribution in [0.25, 0.3) is 0 Å². The molecule has 1 rings (SSSR count). The molecule has 0 spiro atoms. The highest BCUT2D eigenvalue weighted by Crippen LogP contribution is 2.13. The highest BCUT2D eigenvalue weighted by Gasteiger charge is 2.11. The summed E-state index contributed by atoms with van der Waals surface area (Å²) in [7, 11) is 0. The number of benzene rings is 1. The Hall–Kier alpha value is -1.55. The average molecular weight is 292 g/mol. The number of rotatable bonds is 8. The topological polar surface area (TPSA) is 50.4 Å². The van der Waals surface area contributed by atoms with Crippen LogP contribution >= 0.6 is 0 Å². The minimum absolute atomic E-state index is 0.0449. The molecule has 118 valence electrons. The highest BCUT2D eigenvalue weighted by molar-refractivity contribution is 5.81. The standard InChI is InChI=1S/C17H28N2O2/c1-12(2)10-19-17(20)14(5)18-11-15-6-8-16(9-7-15)21-13(3)4/h6-9,12-14,18H,10-11H2,1-5H3,(H,19,20). The monoisotopic (exact) mass is 292 g/mol. The molecule has 4 heteroatoms. The Bertz CT molecular complexity index is 427. The second kappa shape index (κ2) is 8.67. The Morgan fingerprint density at radius 1 is 1.10 bits per heavy atom. The predicted molar refractivity (Wildman–Crippen MR) is 86.4 cm³/mol. The van der Waals surface area contributed by atoms with Gasteiger partial charge in [0, 0.05) is 13.1 Å². The van der Waals surface area contributed by atoms with Gasteiger partial charge in [0.15, 0.2) is 0 Å². The first-order chi connectivity index (χ1) is 9.88. The molecule has 0 fully saturated rings. The van der Waals surface area contributed by atoms with E-state index in [-0.39, 0.29) is 18.1 Å². The van der Waals surface area contributed by atoms with Crippen molar-refractivity contribution in [2.75, 3.05) is 6.54 Å². The zero-order valence-electron chi connectivity index (χ0n) is 13.8. The summed E-state index contributed by atoms with van der Waals surface area (Å²) in [5.74, 6) is 1.38. The maximum Gasteiger partial charge on any atom is 0.236 e. The van der Waals surface area contributed by atoms with Gasteiger partial charge >= 0.3 is 0 Å². The van der Waals surface area contributed by atoms with Gasteiger partial charge in [0.2, 0.25) is 5.91 Å². The first kappa shape index (κ1) is 17.5. The van der Waals surface area contributed by atoms with Crippen molar-refractivity contribution in [1.29, 1.82) is 0 Å². The molecule has 1 amide bonds. The molecule has 4 nitrogen and oxygen atoms in total. The van der Waals surface area contributed by atoms with Crippen molar-refractivity contribution in [2.45, 2.75) is 53.3 Å². The summed E-state index contributed by atoms with van der Waals surface area (Å²) in [6, 6.07) is 7.75. The van der Waals surface area contributed by atoms with Crippen LogP contribution in [0.3, 0.4) is 0 Å². The van der Waals surface area contributed by atoms with Gasteiger partial charge in [-0.15, -0.1) is 0 Å². The van der Waals surface area contributed by atoms with Crippen LogP contribution < -0.4 is 15.4 Å². The third kappa shape index (κ3) is 7.14. The summed E-state index contributed by atoms with van der Waals surface area (Å²) < 4.78 is 5.60. The van der Waals surface area contributed by atoms with Crippen LogP contribution in [0.5, 0.6) is 5.75 Å². The van der Waals surface area contributed by atoms with E-state index in [9.17, 15) is 4.79 Å². The van der Waals surface area contributed by atoms with E-state index < -0.39 is 0 Å². The van der Waals surface area contributed by atoms with Crippen molar-refractivity contribution in [2.24, 2.45) is 5.92 Å². The Labute approximate surface area is 128 Å². The first-order valence-corrected chi connectivity index (χ1v) is 7.65. The number of carbonyl (C=O) groups is 1. The SMILES string of the molecule is CC(C)CNC(=O)C(C)NCc1ccc(OC(C)C)cc1. The molecule has 0 aliphatic rings. The van der Waals surface area contributed by atoms with E-state index >= 15 is 0 Å². The van der Waals surface area contributed by atoms with E-state index in [2.05, 4.69) is 24.5 Å². The maximum atomic E-state index is 11.9. The molecule has 0 aliphatic carbocycles. The number of amides is 1. The van der Waals surface area contributed by atoms with E-state index in [1.54, 1.807) is 0 Å². The van der Waals surface area contributed by atoms with Crippen molar-refractivity contribution in [3.05, 3.63) is 29.8 Å². The Kier molecular flexibility index (Phi) is 7.23. The van der Waals surface area contributed by atoms with E-state index in [1.165, 1.54) is 0 Å². The van der Waals surface area contributed by atoms with Crippen LogP contribution in [0, 0.1) is 5.92 Å². The molecule has 21 heavy (non-hydrogen) atoms. The van der Waals surface area contributed by atoms with Gasteiger partial charge in [-0.3, -0.25) is 4.79 Å². The van der Waals surface area contributed by atoms with Gasteiger partial charge < -0.3 is 15.4 Å². The Morgan fingerprint density at radius 2 is 1.71 bits per heavy atom. The highest BCUT2D eigenvalue weighted by atomic mass is 16.5. The summed E-state index contributed by atoms with van der Waals surface area (Å²) in [4.78, 5) is 11.9. The van der Waals surface area contributed by atoms with Gasteiger partial charge in [-0.05, 0) is 44.4 Å². The summed E-state index contributed by atoms with van der Waals surface area (Å²) >= 11 is 0. The molecule has 0 radical (unpaired) electrons. The minimum Gasteiger partial charge on any atom is -0.491 e. The largest absolute Gasteiger partial charge is 0.491 e. The van der Waals surface area contributed by atoms with E-state index in [0.717, 1.165) is 11.3 Å². The quantitative estimate of drug-likeness (QED) is 0.774. The molecule has 0 saturated carbocycles. The average Bonchev–Trinajstić information content (AvgIpc) is 2.43. The van der Waals surface area contributed by atoms with E-state index in [1.807, 2.05) is 45.0 Å². The van der Waals surface area contributed by atoms with Crippen LogP contribution in [0.15, 0.2) is 24.3 Å². The smallest absolute Gasteiger partial charge is 0.236 e. The summed E-state index contributed by atoms with van der Waals surface area (Å²) in [5, 5.41) is 6.16. The molecular weight excluding hydrogens is 264 g/mol. The summed E-state index contributed by atoms with van der Waals surface area (Å²) in [6.07, 6.45) is 0.179. The van der Waals surface area contributed by atoms with Gasteiger partial charge in [-0.1, -0.05) is 26.0 Å².